The first-order chi connectivity index (χ1) is 12.3. The number of rotatable bonds is 7. The molecule has 0 aliphatic carbocycles. The van der Waals surface area contributed by atoms with Gasteiger partial charge in [-0.2, -0.15) is 0 Å². The minimum atomic E-state index is -0.277. The van der Waals surface area contributed by atoms with E-state index >= 15 is 0 Å². The SMILES string of the molecule is COC(=O)Cc1cc(NCCCN2CCOCC2)c2ccccc2n1. The second-order valence-electron chi connectivity index (χ2n) is 6.17. The van der Waals surface area contributed by atoms with E-state index in [9.17, 15) is 4.79 Å². The van der Waals surface area contributed by atoms with Gasteiger partial charge in [0.1, 0.15) is 0 Å². The minimum Gasteiger partial charge on any atom is -0.469 e. The van der Waals surface area contributed by atoms with E-state index in [-0.39, 0.29) is 12.4 Å². The fourth-order valence-electron chi connectivity index (χ4n) is 3.04. The maximum atomic E-state index is 11.6. The second-order valence-corrected chi connectivity index (χ2v) is 6.17. The highest BCUT2D eigenvalue weighted by Gasteiger charge is 2.11. The van der Waals surface area contributed by atoms with Gasteiger partial charge in [0, 0.05) is 30.7 Å². The molecular formula is C19H25N3O3. The Bertz CT molecular complexity index is 714. The molecule has 0 saturated carbocycles. The fraction of sp³-hybridized carbons (Fsp3) is 0.474. The molecule has 0 radical (unpaired) electrons. The molecule has 1 N–H and O–H groups in total. The Morgan fingerprint density at radius 2 is 2.12 bits per heavy atom. The molecule has 6 nitrogen and oxygen atoms in total. The van der Waals surface area contributed by atoms with Crippen molar-refractivity contribution in [3.8, 4) is 0 Å². The summed E-state index contributed by atoms with van der Waals surface area (Å²) in [5.41, 5.74) is 2.63. The number of para-hydroxylation sites is 1. The molecule has 134 valence electrons. The van der Waals surface area contributed by atoms with Crippen LogP contribution in [0.1, 0.15) is 12.1 Å². The van der Waals surface area contributed by atoms with Gasteiger partial charge >= 0.3 is 5.97 Å². The zero-order valence-corrected chi connectivity index (χ0v) is 14.7. The van der Waals surface area contributed by atoms with E-state index < -0.39 is 0 Å². The molecule has 1 aliphatic rings. The van der Waals surface area contributed by atoms with Crippen LogP contribution in [0.2, 0.25) is 0 Å². The highest BCUT2D eigenvalue weighted by molar-refractivity contribution is 5.92. The molecule has 0 amide bonds. The van der Waals surface area contributed by atoms with Crippen LogP contribution in [-0.4, -0.2) is 62.4 Å². The number of esters is 1. The fourth-order valence-corrected chi connectivity index (χ4v) is 3.04. The Labute approximate surface area is 148 Å². The lowest BCUT2D eigenvalue weighted by atomic mass is 10.1. The van der Waals surface area contributed by atoms with Crippen LogP contribution in [0.5, 0.6) is 0 Å². The number of benzene rings is 1. The molecule has 1 saturated heterocycles. The molecule has 1 fully saturated rings. The second kappa shape index (κ2) is 8.78. The Morgan fingerprint density at radius 1 is 1.32 bits per heavy atom. The van der Waals surface area contributed by atoms with Gasteiger partial charge in [0.2, 0.25) is 0 Å². The van der Waals surface area contributed by atoms with Crippen LogP contribution in [0, 0.1) is 0 Å². The summed E-state index contributed by atoms with van der Waals surface area (Å²) in [4.78, 5) is 18.6. The number of carbonyl (C=O) groups excluding carboxylic acids is 1. The smallest absolute Gasteiger partial charge is 0.311 e. The van der Waals surface area contributed by atoms with Crippen molar-refractivity contribution < 1.29 is 14.3 Å². The highest BCUT2D eigenvalue weighted by atomic mass is 16.5. The number of ether oxygens (including phenoxy) is 2. The molecule has 0 spiro atoms. The van der Waals surface area contributed by atoms with Crippen LogP contribution in [0.15, 0.2) is 30.3 Å². The number of morpholine rings is 1. The summed E-state index contributed by atoms with van der Waals surface area (Å²) in [5, 5.41) is 4.58. The number of nitrogens with one attached hydrogen (secondary N) is 1. The summed E-state index contributed by atoms with van der Waals surface area (Å²) in [7, 11) is 1.40. The van der Waals surface area contributed by atoms with Gasteiger partial charge in [-0.25, -0.2) is 0 Å². The molecule has 3 rings (SSSR count). The third-order valence-electron chi connectivity index (χ3n) is 4.39. The van der Waals surface area contributed by atoms with Gasteiger partial charge in [0.25, 0.3) is 0 Å². The maximum Gasteiger partial charge on any atom is 0.311 e. The first kappa shape index (κ1) is 17.6. The zero-order chi connectivity index (χ0) is 17.5. The van der Waals surface area contributed by atoms with Crippen LogP contribution in [-0.2, 0) is 20.7 Å². The van der Waals surface area contributed by atoms with Crippen LogP contribution in [0.3, 0.4) is 0 Å². The summed E-state index contributed by atoms with van der Waals surface area (Å²) in [6.07, 6.45) is 1.24. The van der Waals surface area contributed by atoms with E-state index in [4.69, 9.17) is 9.47 Å². The molecule has 2 aromatic rings. The van der Waals surface area contributed by atoms with Gasteiger partial charge in [-0.05, 0) is 25.1 Å². The number of hydrogen-bond donors (Lipinski definition) is 1. The lowest BCUT2D eigenvalue weighted by Gasteiger charge is -2.26. The summed E-state index contributed by atoms with van der Waals surface area (Å²) in [5.74, 6) is -0.277. The largest absolute Gasteiger partial charge is 0.469 e. The lowest BCUT2D eigenvalue weighted by Crippen LogP contribution is -2.37. The number of hydrogen-bond acceptors (Lipinski definition) is 6. The van der Waals surface area contributed by atoms with E-state index in [0.29, 0.717) is 0 Å². The predicted octanol–water partition coefficient (Wildman–Crippen LogP) is 2.08. The predicted molar refractivity (Wildman–Crippen MR) is 97.8 cm³/mol. The van der Waals surface area contributed by atoms with Crippen LogP contribution in [0.25, 0.3) is 10.9 Å². The molecule has 25 heavy (non-hydrogen) atoms. The van der Waals surface area contributed by atoms with Gasteiger partial charge in [0.15, 0.2) is 0 Å². The maximum absolute atomic E-state index is 11.6. The normalized spacial score (nSPS) is 15.2. The summed E-state index contributed by atoms with van der Waals surface area (Å²) in [6.45, 7) is 5.64. The van der Waals surface area contributed by atoms with Gasteiger partial charge in [0.05, 0.1) is 38.0 Å². The van der Waals surface area contributed by atoms with Gasteiger partial charge < -0.3 is 14.8 Å². The molecular weight excluding hydrogens is 318 g/mol. The van der Waals surface area contributed by atoms with E-state index in [0.717, 1.165) is 68.1 Å². The molecule has 0 bridgehead atoms. The number of anilines is 1. The third kappa shape index (κ3) is 4.90. The minimum absolute atomic E-state index is 0.184. The molecule has 2 heterocycles. The Balaban J connectivity index is 1.65. The average Bonchev–Trinajstić information content (AvgIpc) is 2.66. The molecule has 6 heteroatoms. The van der Waals surface area contributed by atoms with Crippen molar-refractivity contribution in [2.24, 2.45) is 0 Å². The highest BCUT2D eigenvalue weighted by Crippen LogP contribution is 2.23. The Hall–Kier alpha value is -2.18. The number of carbonyl (C=O) groups is 1. The van der Waals surface area contributed by atoms with Crippen molar-refractivity contribution in [2.75, 3.05) is 51.8 Å². The van der Waals surface area contributed by atoms with E-state index in [2.05, 4.69) is 21.3 Å². The van der Waals surface area contributed by atoms with E-state index in [1.54, 1.807) is 0 Å². The number of fused-ring (bicyclic) bond motifs is 1. The Morgan fingerprint density at radius 3 is 2.92 bits per heavy atom. The molecule has 1 aromatic heterocycles. The van der Waals surface area contributed by atoms with Crippen LogP contribution in [0.4, 0.5) is 5.69 Å². The summed E-state index contributed by atoms with van der Waals surface area (Å²) < 4.78 is 10.1. The number of pyridine rings is 1. The molecule has 1 aliphatic heterocycles. The number of aromatic nitrogens is 1. The molecule has 0 atom stereocenters. The van der Waals surface area contributed by atoms with Crippen molar-refractivity contribution >= 4 is 22.6 Å². The van der Waals surface area contributed by atoms with Crippen molar-refractivity contribution in [3.63, 3.8) is 0 Å². The molecule has 0 unspecified atom stereocenters. The first-order valence-corrected chi connectivity index (χ1v) is 8.76. The first-order valence-electron chi connectivity index (χ1n) is 8.76. The lowest BCUT2D eigenvalue weighted by molar-refractivity contribution is -0.139. The van der Waals surface area contributed by atoms with Crippen molar-refractivity contribution in [1.29, 1.82) is 0 Å². The zero-order valence-electron chi connectivity index (χ0n) is 14.7. The van der Waals surface area contributed by atoms with E-state index in [1.807, 2.05) is 24.3 Å². The summed E-state index contributed by atoms with van der Waals surface area (Å²) in [6, 6.07) is 9.93. The standard InChI is InChI=1S/C19H25N3O3/c1-24-19(23)14-15-13-18(16-5-2-3-6-17(16)21-15)20-7-4-8-22-9-11-25-12-10-22/h2-3,5-6,13H,4,7-12,14H2,1H3,(H,20,21). The quantitative estimate of drug-likeness (QED) is 0.613. The topological polar surface area (TPSA) is 63.7 Å². The van der Waals surface area contributed by atoms with Gasteiger partial charge in [-0.3, -0.25) is 14.7 Å². The van der Waals surface area contributed by atoms with Crippen molar-refractivity contribution in [3.05, 3.63) is 36.0 Å². The molecule has 1 aromatic carbocycles. The van der Waals surface area contributed by atoms with Crippen molar-refractivity contribution in [1.82, 2.24) is 9.88 Å². The summed E-state index contributed by atoms with van der Waals surface area (Å²) >= 11 is 0. The third-order valence-corrected chi connectivity index (χ3v) is 4.39. The number of methoxy groups -OCH3 is 1. The number of nitrogens with zero attached hydrogens (tertiary/aromatic N) is 2. The van der Waals surface area contributed by atoms with Gasteiger partial charge in [-0.15, -0.1) is 0 Å². The monoisotopic (exact) mass is 343 g/mol. The van der Waals surface area contributed by atoms with Crippen LogP contribution < -0.4 is 5.32 Å². The Kier molecular flexibility index (Phi) is 6.19. The van der Waals surface area contributed by atoms with Crippen LogP contribution >= 0.6 is 0 Å². The van der Waals surface area contributed by atoms with Crippen molar-refractivity contribution in [2.45, 2.75) is 12.8 Å². The average molecular weight is 343 g/mol. The van der Waals surface area contributed by atoms with Gasteiger partial charge in [-0.1, -0.05) is 18.2 Å². The van der Waals surface area contributed by atoms with E-state index in [1.165, 1.54) is 7.11 Å².